The first-order valence-corrected chi connectivity index (χ1v) is 20.9. The van der Waals surface area contributed by atoms with Crippen molar-refractivity contribution in [1.29, 1.82) is 0 Å². The van der Waals surface area contributed by atoms with Crippen LogP contribution < -0.4 is 4.57 Å². The lowest BCUT2D eigenvalue weighted by Crippen LogP contribution is -2.37. The zero-order valence-electron chi connectivity index (χ0n) is 31.9. The van der Waals surface area contributed by atoms with Crippen LogP contribution in [0.2, 0.25) is 0 Å². The van der Waals surface area contributed by atoms with Crippen molar-refractivity contribution in [1.82, 2.24) is 4.57 Å². The minimum absolute atomic E-state index is 0.516. The van der Waals surface area contributed by atoms with Gasteiger partial charge in [-0.05, 0) is 42.7 Å². The van der Waals surface area contributed by atoms with Crippen LogP contribution in [-0.4, -0.2) is 4.57 Å². The highest BCUT2D eigenvalue weighted by Crippen LogP contribution is 2.23. The fourth-order valence-corrected chi connectivity index (χ4v) is 7.52. The predicted octanol–water partition coefficient (Wildman–Crippen LogP) is 13.7. The predicted molar refractivity (Wildman–Crippen MR) is 210 cm³/mol. The van der Waals surface area contributed by atoms with Crippen LogP contribution in [0.25, 0.3) is 0 Å². The second-order valence-electron chi connectivity index (χ2n) is 15.0. The van der Waals surface area contributed by atoms with E-state index in [1.807, 2.05) is 0 Å². The molecule has 1 heterocycles. The van der Waals surface area contributed by atoms with Gasteiger partial charge in [-0.3, -0.25) is 0 Å². The van der Waals surface area contributed by atoms with Gasteiger partial charge in [0.15, 0.2) is 0 Å². The zero-order chi connectivity index (χ0) is 33.9. The van der Waals surface area contributed by atoms with Gasteiger partial charge in [0.05, 0.1) is 19.5 Å². The molecule has 0 bridgehead atoms. The number of hydrogen-bond donors (Lipinski definition) is 0. The molecule has 1 unspecified atom stereocenters. The molecule has 0 N–H and O–H groups in total. The molecule has 2 nitrogen and oxygen atoms in total. The molecule has 3 aromatic rings. The van der Waals surface area contributed by atoms with E-state index < -0.39 is 0 Å². The van der Waals surface area contributed by atoms with E-state index in [1.54, 1.807) is 0 Å². The summed E-state index contributed by atoms with van der Waals surface area (Å²) in [5.74, 6) is 2.04. The average Bonchev–Trinajstić information content (AvgIpc) is 3.42. The summed E-state index contributed by atoms with van der Waals surface area (Å²) in [6.07, 6.45) is 36.9. The molecular weight excluding hydrogens is 581 g/mol. The lowest BCUT2D eigenvalue weighted by Gasteiger charge is -2.12. The third kappa shape index (κ3) is 16.8. The summed E-state index contributed by atoms with van der Waals surface area (Å²) in [5.41, 5.74) is 4.42. The number of aryl methyl sites for hydroxylation is 1. The number of aromatic nitrogens is 2. The fraction of sp³-hybridized carbons (Fsp3) is 0.674. The van der Waals surface area contributed by atoms with Crippen LogP contribution in [0.15, 0.2) is 66.9 Å². The van der Waals surface area contributed by atoms with E-state index in [1.165, 1.54) is 170 Å². The van der Waals surface area contributed by atoms with Gasteiger partial charge < -0.3 is 0 Å². The summed E-state index contributed by atoms with van der Waals surface area (Å²) < 4.78 is 5.41. The van der Waals surface area contributed by atoms with Crippen molar-refractivity contribution >= 4 is 0 Å². The molecule has 0 radical (unpaired) electrons. The van der Waals surface area contributed by atoms with Crippen molar-refractivity contribution in [3.8, 4) is 0 Å². The van der Waals surface area contributed by atoms with Gasteiger partial charge in [0, 0.05) is 6.42 Å². The number of rotatable bonds is 30. The molecule has 0 aliphatic heterocycles. The van der Waals surface area contributed by atoms with Crippen LogP contribution in [0, 0.1) is 0 Å². The molecule has 0 spiro atoms. The molecular formula is C46H75N2+. The standard InChI is InChI=1S/C46H75N2/c1-4-6-8-10-12-14-16-18-19-21-23-31-37-47-41-45(39-42(3)44-35-29-26-30-36-44)48(46(47)40-43-33-27-25-28-34-43)38-32-24-22-20-17-15-13-11-9-7-5-2/h25-30,33-36,41-42H,4-24,31-32,37-40H2,1-3H3/q+1. The topological polar surface area (TPSA) is 8.81 Å². The summed E-state index contributed by atoms with van der Waals surface area (Å²) in [7, 11) is 0. The molecule has 1 aromatic heterocycles. The van der Waals surface area contributed by atoms with Gasteiger partial charge in [-0.15, -0.1) is 0 Å². The summed E-state index contributed by atoms with van der Waals surface area (Å²) in [5, 5.41) is 0. The van der Waals surface area contributed by atoms with Crippen molar-refractivity contribution in [2.24, 2.45) is 0 Å². The third-order valence-corrected chi connectivity index (χ3v) is 10.6. The first kappa shape index (κ1) is 40.1. The Morgan fingerprint density at radius 1 is 0.521 bits per heavy atom. The third-order valence-electron chi connectivity index (χ3n) is 10.6. The van der Waals surface area contributed by atoms with E-state index in [9.17, 15) is 0 Å². The molecule has 0 saturated heterocycles. The van der Waals surface area contributed by atoms with Crippen molar-refractivity contribution in [3.63, 3.8) is 0 Å². The molecule has 0 saturated carbocycles. The summed E-state index contributed by atoms with van der Waals surface area (Å²) >= 11 is 0. The summed E-state index contributed by atoms with van der Waals surface area (Å²) in [4.78, 5) is 0. The van der Waals surface area contributed by atoms with Crippen LogP contribution in [0.1, 0.15) is 197 Å². The maximum atomic E-state index is 2.75. The Kier molecular flexibility index (Phi) is 22.1. The van der Waals surface area contributed by atoms with Crippen molar-refractivity contribution < 1.29 is 4.57 Å². The molecule has 48 heavy (non-hydrogen) atoms. The van der Waals surface area contributed by atoms with Crippen molar-refractivity contribution in [2.75, 3.05) is 0 Å². The quantitative estimate of drug-likeness (QED) is 0.0499. The molecule has 0 aliphatic rings. The minimum Gasteiger partial charge on any atom is -0.234 e. The largest absolute Gasteiger partial charge is 0.261 e. The highest BCUT2D eigenvalue weighted by molar-refractivity contribution is 5.22. The van der Waals surface area contributed by atoms with Gasteiger partial charge in [-0.2, -0.15) is 0 Å². The number of imidazole rings is 1. The van der Waals surface area contributed by atoms with Gasteiger partial charge in [-0.25, -0.2) is 9.13 Å². The Balaban J connectivity index is 1.58. The molecule has 2 aromatic carbocycles. The molecule has 3 rings (SSSR count). The van der Waals surface area contributed by atoms with Crippen LogP contribution in [0.3, 0.4) is 0 Å². The number of nitrogens with zero attached hydrogens (tertiary/aromatic N) is 2. The van der Waals surface area contributed by atoms with Gasteiger partial charge >= 0.3 is 0 Å². The van der Waals surface area contributed by atoms with Crippen molar-refractivity contribution in [2.45, 2.75) is 200 Å². The molecule has 1 atom stereocenters. The lowest BCUT2D eigenvalue weighted by molar-refractivity contribution is -0.704. The maximum Gasteiger partial charge on any atom is 0.261 e. The van der Waals surface area contributed by atoms with E-state index in [2.05, 4.69) is 96.8 Å². The van der Waals surface area contributed by atoms with Crippen LogP contribution in [0.4, 0.5) is 0 Å². The van der Waals surface area contributed by atoms with Gasteiger partial charge in [0.1, 0.15) is 11.9 Å². The van der Waals surface area contributed by atoms with Crippen molar-refractivity contribution in [3.05, 3.63) is 89.5 Å². The van der Waals surface area contributed by atoms with Gasteiger partial charge in [-0.1, -0.05) is 203 Å². The molecule has 268 valence electrons. The fourth-order valence-electron chi connectivity index (χ4n) is 7.52. The first-order chi connectivity index (χ1) is 23.7. The average molecular weight is 656 g/mol. The second-order valence-corrected chi connectivity index (χ2v) is 15.0. The summed E-state index contributed by atoms with van der Waals surface area (Å²) in [6.45, 7) is 9.34. The Morgan fingerprint density at radius 2 is 0.958 bits per heavy atom. The highest BCUT2D eigenvalue weighted by atomic mass is 15.2. The minimum atomic E-state index is 0.516. The Labute approximate surface area is 298 Å². The maximum absolute atomic E-state index is 2.75. The number of benzene rings is 2. The van der Waals surface area contributed by atoms with E-state index in [0.29, 0.717) is 5.92 Å². The SMILES string of the molecule is CCCCCCCCCCCCCC[n+]1cc(CC(C)c2ccccc2)n(CCCCCCCCCCCCC)c1Cc1ccccc1. The normalized spacial score (nSPS) is 12.1. The Bertz CT molecular complexity index is 1150. The smallest absolute Gasteiger partial charge is 0.234 e. The molecule has 0 amide bonds. The van der Waals surface area contributed by atoms with E-state index >= 15 is 0 Å². The molecule has 2 heteroatoms. The lowest BCUT2D eigenvalue weighted by atomic mass is 9.96. The van der Waals surface area contributed by atoms with Gasteiger partial charge in [0.2, 0.25) is 0 Å². The van der Waals surface area contributed by atoms with Gasteiger partial charge in [0.25, 0.3) is 5.82 Å². The van der Waals surface area contributed by atoms with Crippen LogP contribution in [0.5, 0.6) is 0 Å². The Hall–Kier alpha value is -2.35. The zero-order valence-corrected chi connectivity index (χ0v) is 31.9. The monoisotopic (exact) mass is 656 g/mol. The first-order valence-electron chi connectivity index (χ1n) is 20.9. The molecule has 0 aliphatic carbocycles. The van der Waals surface area contributed by atoms with Crippen LogP contribution in [-0.2, 0) is 25.9 Å². The van der Waals surface area contributed by atoms with Crippen LogP contribution >= 0.6 is 0 Å². The Morgan fingerprint density at radius 3 is 1.46 bits per heavy atom. The van der Waals surface area contributed by atoms with E-state index in [-0.39, 0.29) is 0 Å². The number of unbranched alkanes of at least 4 members (excludes halogenated alkanes) is 21. The van der Waals surface area contributed by atoms with E-state index in [4.69, 9.17) is 0 Å². The van der Waals surface area contributed by atoms with E-state index in [0.717, 1.165) is 25.9 Å². The summed E-state index contributed by atoms with van der Waals surface area (Å²) in [6, 6.07) is 22.4. The number of hydrogen-bond acceptors (Lipinski definition) is 0. The molecule has 0 fully saturated rings. The second kappa shape index (κ2) is 26.5. The highest BCUT2D eigenvalue weighted by Gasteiger charge is 2.25.